The van der Waals surface area contributed by atoms with E-state index in [4.69, 9.17) is 0 Å². The lowest BCUT2D eigenvalue weighted by Gasteiger charge is -2.31. The lowest BCUT2D eigenvalue weighted by atomic mass is 9.85. The number of aromatic nitrogens is 6. The Labute approximate surface area is 182 Å². The highest BCUT2D eigenvalue weighted by Crippen LogP contribution is 2.39. The minimum atomic E-state index is -0.0460. The normalized spacial score (nSPS) is 19.4. The van der Waals surface area contributed by atoms with Gasteiger partial charge in [0.25, 0.3) is 5.56 Å². The summed E-state index contributed by atoms with van der Waals surface area (Å²) in [5.74, 6) is 2.01. The number of hydrogen-bond acceptors (Lipinski definition) is 7. The molecule has 0 amide bonds. The van der Waals surface area contributed by atoms with Crippen molar-refractivity contribution in [1.29, 1.82) is 0 Å². The molecule has 0 N–H and O–H groups in total. The molecule has 7 nitrogen and oxygen atoms in total. The van der Waals surface area contributed by atoms with E-state index >= 15 is 0 Å². The summed E-state index contributed by atoms with van der Waals surface area (Å²) >= 11 is 3.06. The van der Waals surface area contributed by atoms with Gasteiger partial charge in [0.05, 0.1) is 5.69 Å². The van der Waals surface area contributed by atoms with Gasteiger partial charge in [-0.1, -0.05) is 31.5 Å². The van der Waals surface area contributed by atoms with Crippen LogP contribution in [-0.2, 0) is 5.75 Å². The van der Waals surface area contributed by atoms with Crippen molar-refractivity contribution in [2.24, 2.45) is 5.92 Å². The molecule has 1 saturated carbocycles. The highest BCUT2D eigenvalue weighted by atomic mass is 32.2. The number of hydrogen-bond donors (Lipinski definition) is 0. The van der Waals surface area contributed by atoms with Crippen LogP contribution in [0.2, 0.25) is 0 Å². The van der Waals surface area contributed by atoms with Gasteiger partial charge in [-0.15, -0.1) is 21.5 Å². The van der Waals surface area contributed by atoms with Crippen LogP contribution in [0.5, 0.6) is 0 Å². The Bertz CT molecular complexity index is 1220. The van der Waals surface area contributed by atoms with Crippen molar-refractivity contribution in [3.8, 4) is 11.4 Å². The zero-order chi connectivity index (χ0) is 20.5. The van der Waals surface area contributed by atoms with Crippen LogP contribution in [-0.4, -0.2) is 29.1 Å². The molecule has 0 bridgehead atoms. The molecule has 0 aliphatic heterocycles. The highest BCUT2D eigenvalue weighted by Gasteiger charge is 2.28. The summed E-state index contributed by atoms with van der Waals surface area (Å²) in [5.41, 5.74) is 1.70. The standard InChI is InChI=1S/C21H22N6OS2/c1-14-5-2-3-7-17(14)27-19(15-6-4-8-22-12-15)24-25-21(27)30-13-16-11-18(28)26-9-10-29-20(26)23-16/h4,6,8-12,14,17H,2-3,5,7,13H2,1H3/t14-,17-/m0/s1. The van der Waals surface area contributed by atoms with Crippen LogP contribution < -0.4 is 5.56 Å². The van der Waals surface area contributed by atoms with Gasteiger partial charge in [-0.25, -0.2) is 4.98 Å². The largest absolute Gasteiger partial charge is 0.299 e. The summed E-state index contributed by atoms with van der Waals surface area (Å²) in [7, 11) is 0. The summed E-state index contributed by atoms with van der Waals surface area (Å²) in [6.07, 6.45) is 10.2. The number of rotatable bonds is 5. The molecule has 0 radical (unpaired) electrons. The first-order chi connectivity index (χ1) is 14.7. The van der Waals surface area contributed by atoms with Crippen LogP contribution >= 0.6 is 23.1 Å². The molecule has 4 aromatic heterocycles. The predicted octanol–water partition coefficient (Wildman–Crippen LogP) is 4.45. The fourth-order valence-corrected chi connectivity index (χ4v) is 5.77. The molecule has 30 heavy (non-hydrogen) atoms. The molecule has 2 atom stereocenters. The fraction of sp³-hybridized carbons (Fsp3) is 0.381. The van der Waals surface area contributed by atoms with Gasteiger partial charge in [0.1, 0.15) is 0 Å². The average Bonchev–Trinajstić information content (AvgIpc) is 3.40. The summed E-state index contributed by atoms with van der Waals surface area (Å²) in [6.45, 7) is 2.32. The molecule has 0 aromatic carbocycles. The third-order valence-corrected chi connectivity index (χ3v) is 7.42. The fourth-order valence-electron chi connectivity index (χ4n) is 4.15. The van der Waals surface area contributed by atoms with Crippen molar-refractivity contribution in [3.63, 3.8) is 0 Å². The van der Waals surface area contributed by atoms with Gasteiger partial charge in [-0.05, 0) is 30.9 Å². The second-order valence-electron chi connectivity index (χ2n) is 7.68. The topological polar surface area (TPSA) is 78.0 Å². The van der Waals surface area contributed by atoms with E-state index in [0.29, 0.717) is 17.7 Å². The van der Waals surface area contributed by atoms with E-state index in [9.17, 15) is 4.79 Å². The van der Waals surface area contributed by atoms with Gasteiger partial charge in [-0.2, -0.15) is 0 Å². The van der Waals surface area contributed by atoms with Crippen molar-refractivity contribution in [2.75, 3.05) is 0 Å². The third-order valence-electron chi connectivity index (χ3n) is 5.69. The van der Waals surface area contributed by atoms with Gasteiger partial charge in [0, 0.05) is 47.4 Å². The quantitative estimate of drug-likeness (QED) is 0.428. The number of pyridine rings is 1. The average molecular weight is 439 g/mol. The maximum Gasteiger partial charge on any atom is 0.258 e. The van der Waals surface area contributed by atoms with Crippen molar-refractivity contribution in [1.82, 2.24) is 29.1 Å². The lowest BCUT2D eigenvalue weighted by molar-refractivity contribution is 0.247. The zero-order valence-corrected chi connectivity index (χ0v) is 18.3. The van der Waals surface area contributed by atoms with E-state index in [1.807, 2.05) is 23.7 Å². The van der Waals surface area contributed by atoms with E-state index in [1.54, 1.807) is 34.6 Å². The van der Waals surface area contributed by atoms with Gasteiger partial charge in [0.2, 0.25) is 0 Å². The van der Waals surface area contributed by atoms with Crippen LogP contribution in [0.15, 0.2) is 52.1 Å². The smallest absolute Gasteiger partial charge is 0.258 e. The van der Waals surface area contributed by atoms with E-state index in [0.717, 1.165) is 33.6 Å². The Morgan fingerprint density at radius 1 is 1.27 bits per heavy atom. The lowest BCUT2D eigenvalue weighted by Crippen LogP contribution is -2.22. The Morgan fingerprint density at radius 3 is 3.00 bits per heavy atom. The molecule has 4 heterocycles. The molecule has 9 heteroatoms. The predicted molar refractivity (Wildman–Crippen MR) is 119 cm³/mol. The van der Waals surface area contributed by atoms with Gasteiger partial charge < -0.3 is 0 Å². The number of nitrogens with zero attached hydrogens (tertiary/aromatic N) is 6. The molecular weight excluding hydrogens is 416 g/mol. The second kappa shape index (κ2) is 8.31. The summed E-state index contributed by atoms with van der Waals surface area (Å²) in [6, 6.07) is 5.94. The Morgan fingerprint density at radius 2 is 2.17 bits per heavy atom. The molecule has 1 aliphatic carbocycles. The Kier molecular flexibility index (Phi) is 5.39. The summed E-state index contributed by atoms with van der Waals surface area (Å²) in [4.78, 5) is 21.9. The molecule has 4 aromatic rings. The monoisotopic (exact) mass is 438 g/mol. The Hall–Kier alpha value is -2.52. The Balaban J connectivity index is 1.49. The van der Waals surface area contributed by atoms with E-state index in [-0.39, 0.29) is 5.56 Å². The molecule has 0 spiro atoms. The zero-order valence-electron chi connectivity index (χ0n) is 16.6. The number of thiazole rings is 1. The molecule has 0 saturated heterocycles. The van der Waals surface area contributed by atoms with Crippen LogP contribution in [0.4, 0.5) is 0 Å². The molecule has 5 rings (SSSR count). The first-order valence-electron chi connectivity index (χ1n) is 10.1. The summed E-state index contributed by atoms with van der Waals surface area (Å²) < 4.78 is 3.87. The second-order valence-corrected chi connectivity index (χ2v) is 9.49. The SMILES string of the molecule is C[C@H]1CCCC[C@@H]1n1c(SCc2cc(=O)n3ccsc3n2)nnc1-c1cccnc1. The van der Waals surface area contributed by atoms with Crippen LogP contribution in [0.25, 0.3) is 16.3 Å². The van der Waals surface area contributed by atoms with E-state index in [1.165, 1.54) is 30.6 Å². The number of thioether (sulfide) groups is 1. The van der Waals surface area contributed by atoms with E-state index < -0.39 is 0 Å². The van der Waals surface area contributed by atoms with Gasteiger partial charge >= 0.3 is 0 Å². The minimum Gasteiger partial charge on any atom is -0.299 e. The molecule has 0 unspecified atom stereocenters. The first kappa shape index (κ1) is 19.4. The molecular formula is C21H22N6OS2. The molecule has 154 valence electrons. The van der Waals surface area contributed by atoms with Crippen molar-refractivity contribution in [3.05, 3.63) is 58.2 Å². The van der Waals surface area contributed by atoms with E-state index in [2.05, 4.69) is 31.7 Å². The minimum absolute atomic E-state index is 0.0460. The third kappa shape index (κ3) is 3.67. The van der Waals surface area contributed by atoms with Crippen LogP contribution in [0.3, 0.4) is 0 Å². The van der Waals surface area contributed by atoms with Gasteiger partial charge in [-0.3, -0.25) is 18.7 Å². The van der Waals surface area contributed by atoms with Crippen LogP contribution in [0.1, 0.15) is 44.3 Å². The maximum absolute atomic E-state index is 12.3. The van der Waals surface area contributed by atoms with Gasteiger partial charge in [0.15, 0.2) is 15.9 Å². The number of fused-ring (bicyclic) bond motifs is 1. The van der Waals surface area contributed by atoms with Crippen molar-refractivity contribution >= 4 is 28.1 Å². The molecule has 1 aliphatic rings. The maximum atomic E-state index is 12.3. The van der Waals surface area contributed by atoms with Crippen molar-refractivity contribution < 1.29 is 0 Å². The molecule has 1 fully saturated rings. The highest BCUT2D eigenvalue weighted by molar-refractivity contribution is 7.98. The van der Waals surface area contributed by atoms with Crippen LogP contribution in [0, 0.1) is 5.92 Å². The van der Waals surface area contributed by atoms with Crippen molar-refractivity contribution in [2.45, 2.75) is 49.6 Å². The summed E-state index contributed by atoms with van der Waals surface area (Å²) in [5, 5.41) is 11.8. The first-order valence-corrected chi connectivity index (χ1v) is 12.0.